The quantitative estimate of drug-likeness (QED) is 0.390. The van der Waals surface area contributed by atoms with Crippen LogP contribution >= 0.6 is 0 Å². The fourth-order valence-electron chi connectivity index (χ4n) is 2.47. The summed E-state index contributed by atoms with van der Waals surface area (Å²) in [5.74, 6) is 1.48. The topological polar surface area (TPSA) is 63.5 Å². The molecule has 0 saturated carbocycles. The molecule has 2 rings (SSSR count). The molecule has 0 spiro atoms. The van der Waals surface area contributed by atoms with E-state index in [9.17, 15) is 0 Å². The molecule has 1 aromatic heterocycles. The Morgan fingerprint density at radius 2 is 2.08 bits per heavy atom. The summed E-state index contributed by atoms with van der Waals surface area (Å²) in [5.41, 5.74) is 2.25. The van der Waals surface area contributed by atoms with E-state index in [1.807, 2.05) is 22.9 Å². The van der Waals surface area contributed by atoms with Gasteiger partial charge >= 0.3 is 0 Å². The Hall–Kier alpha value is -2.34. The lowest BCUT2D eigenvalue weighted by Crippen LogP contribution is -2.39. The lowest BCUT2D eigenvalue weighted by atomic mass is 10.1. The summed E-state index contributed by atoms with van der Waals surface area (Å²) >= 11 is 0. The van der Waals surface area contributed by atoms with Gasteiger partial charge in [-0.15, -0.1) is 0 Å². The van der Waals surface area contributed by atoms with E-state index in [1.54, 1.807) is 12.5 Å². The van der Waals surface area contributed by atoms with E-state index in [4.69, 9.17) is 9.73 Å². The van der Waals surface area contributed by atoms with Crippen LogP contribution < -0.4 is 10.6 Å². The molecule has 6 heteroatoms. The van der Waals surface area contributed by atoms with Gasteiger partial charge in [0.15, 0.2) is 5.96 Å². The van der Waals surface area contributed by atoms with Crippen molar-refractivity contribution in [1.82, 2.24) is 20.2 Å². The highest BCUT2D eigenvalue weighted by atomic mass is 16.5. The van der Waals surface area contributed by atoms with Crippen molar-refractivity contribution in [2.75, 3.05) is 26.3 Å². The average Bonchev–Trinajstić information content (AvgIpc) is 3.17. The van der Waals surface area contributed by atoms with Crippen LogP contribution in [0.3, 0.4) is 0 Å². The third-order valence-electron chi connectivity index (χ3n) is 3.90. The van der Waals surface area contributed by atoms with Gasteiger partial charge < -0.3 is 19.9 Å². The average molecular weight is 358 g/mol. The van der Waals surface area contributed by atoms with Gasteiger partial charge in [-0.1, -0.05) is 32.0 Å². The highest BCUT2D eigenvalue weighted by Crippen LogP contribution is 2.14. The van der Waals surface area contributed by atoms with Crippen molar-refractivity contribution >= 4 is 5.96 Å². The number of ether oxygens (including phenoxy) is 1. The zero-order valence-corrected chi connectivity index (χ0v) is 16.1. The molecule has 0 radical (unpaired) electrons. The lowest BCUT2D eigenvalue weighted by Gasteiger charge is -2.13. The number of guanidine groups is 1. The van der Waals surface area contributed by atoms with Crippen LogP contribution in [0.5, 0.6) is 0 Å². The monoisotopic (exact) mass is 357 g/mol. The number of rotatable bonds is 10. The molecule has 0 bridgehead atoms. The summed E-state index contributed by atoms with van der Waals surface area (Å²) in [6.45, 7) is 10.1. The number of nitrogens with one attached hydrogen (secondary N) is 2. The molecule has 0 saturated heterocycles. The maximum atomic E-state index is 5.65. The number of hydrogen-bond acceptors (Lipinski definition) is 3. The van der Waals surface area contributed by atoms with Crippen LogP contribution in [0.2, 0.25) is 0 Å². The summed E-state index contributed by atoms with van der Waals surface area (Å²) < 4.78 is 7.66. The Morgan fingerprint density at radius 3 is 2.81 bits per heavy atom. The Bertz CT molecular complexity index is 652. The zero-order valence-electron chi connectivity index (χ0n) is 16.1. The molecule has 0 unspecified atom stereocenters. The number of hydrogen-bond donors (Lipinski definition) is 2. The van der Waals surface area contributed by atoms with Crippen LogP contribution in [-0.2, 0) is 11.3 Å². The number of para-hydroxylation sites is 1. The number of imidazole rings is 1. The van der Waals surface area contributed by atoms with Crippen molar-refractivity contribution in [3.63, 3.8) is 0 Å². The van der Waals surface area contributed by atoms with Crippen molar-refractivity contribution in [2.24, 2.45) is 10.9 Å². The fourth-order valence-corrected chi connectivity index (χ4v) is 2.47. The molecule has 0 amide bonds. The van der Waals surface area contributed by atoms with Crippen molar-refractivity contribution in [1.29, 1.82) is 0 Å². The summed E-state index contributed by atoms with van der Waals surface area (Å²) in [6, 6.07) is 8.24. The maximum Gasteiger partial charge on any atom is 0.191 e. The van der Waals surface area contributed by atoms with Gasteiger partial charge in [0.25, 0.3) is 0 Å². The van der Waals surface area contributed by atoms with Crippen LogP contribution in [0.4, 0.5) is 0 Å². The summed E-state index contributed by atoms with van der Waals surface area (Å²) in [5, 5.41) is 6.61. The Morgan fingerprint density at radius 1 is 1.23 bits per heavy atom. The predicted molar refractivity (Wildman–Crippen MR) is 107 cm³/mol. The summed E-state index contributed by atoms with van der Waals surface area (Å²) in [6.07, 6.45) is 6.63. The van der Waals surface area contributed by atoms with E-state index in [0.29, 0.717) is 19.1 Å². The van der Waals surface area contributed by atoms with E-state index in [0.717, 1.165) is 43.3 Å². The molecule has 142 valence electrons. The normalized spacial score (nSPS) is 11.8. The first-order valence-corrected chi connectivity index (χ1v) is 9.36. The summed E-state index contributed by atoms with van der Waals surface area (Å²) in [4.78, 5) is 8.83. The molecular weight excluding hydrogens is 326 g/mol. The van der Waals surface area contributed by atoms with Gasteiger partial charge in [0.05, 0.1) is 25.2 Å². The number of aliphatic imine (C=N–C) groups is 1. The van der Waals surface area contributed by atoms with Crippen molar-refractivity contribution in [3.8, 4) is 5.69 Å². The standard InChI is InChI=1S/C20H31N5O/c1-4-22-20(23-11-14-26-13-9-17(2)3)24-15-18-7-5-6-8-19(18)25-12-10-21-16-25/h5-8,10,12,16-17H,4,9,11,13-15H2,1-3H3,(H2,22,23,24). The van der Waals surface area contributed by atoms with Gasteiger partial charge in [0.2, 0.25) is 0 Å². The van der Waals surface area contributed by atoms with Gasteiger partial charge in [0.1, 0.15) is 0 Å². The van der Waals surface area contributed by atoms with Gasteiger partial charge in [-0.2, -0.15) is 0 Å². The number of nitrogens with zero attached hydrogens (tertiary/aromatic N) is 3. The lowest BCUT2D eigenvalue weighted by molar-refractivity contribution is 0.128. The minimum atomic E-state index is 0.595. The second kappa shape index (κ2) is 11.3. The molecule has 1 heterocycles. The fraction of sp³-hybridized carbons (Fsp3) is 0.500. The smallest absolute Gasteiger partial charge is 0.191 e. The Kier molecular flexibility index (Phi) is 8.69. The van der Waals surface area contributed by atoms with E-state index in [-0.39, 0.29) is 0 Å². The van der Waals surface area contributed by atoms with Gasteiger partial charge in [-0.25, -0.2) is 9.98 Å². The number of benzene rings is 1. The minimum Gasteiger partial charge on any atom is -0.380 e. The number of aromatic nitrogens is 2. The van der Waals surface area contributed by atoms with Crippen LogP contribution in [0.25, 0.3) is 5.69 Å². The molecule has 0 fully saturated rings. The first kappa shape index (κ1) is 20.0. The molecule has 26 heavy (non-hydrogen) atoms. The highest BCUT2D eigenvalue weighted by Gasteiger charge is 2.04. The molecular formula is C20H31N5O. The molecule has 2 aromatic rings. The predicted octanol–water partition coefficient (Wildman–Crippen LogP) is 2.99. The molecule has 0 aliphatic heterocycles. The summed E-state index contributed by atoms with van der Waals surface area (Å²) in [7, 11) is 0. The highest BCUT2D eigenvalue weighted by molar-refractivity contribution is 5.79. The van der Waals surface area contributed by atoms with E-state index < -0.39 is 0 Å². The van der Waals surface area contributed by atoms with Gasteiger partial charge in [-0.05, 0) is 30.9 Å². The van der Waals surface area contributed by atoms with Gasteiger partial charge in [-0.3, -0.25) is 0 Å². The molecule has 0 atom stereocenters. The SMILES string of the molecule is CCNC(=NCc1ccccc1-n1ccnc1)NCCOCCC(C)C. The first-order chi connectivity index (χ1) is 12.7. The van der Waals surface area contributed by atoms with E-state index in [1.165, 1.54) is 0 Å². The third-order valence-corrected chi connectivity index (χ3v) is 3.90. The second-order valence-electron chi connectivity index (χ2n) is 6.52. The van der Waals surface area contributed by atoms with Crippen molar-refractivity contribution < 1.29 is 4.74 Å². The molecule has 0 aliphatic carbocycles. The van der Waals surface area contributed by atoms with Crippen LogP contribution in [0.1, 0.15) is 32.8 Å². The minimum absolute atomic E-state index is 0.595. The molecule has 0 aliphatic rings. The maximum absolute atomic E-state index is 5.65. The Balaban J connectivity index is 1.89. The van der Waals surface area contributed by atoms with Gasteiger partial charge in [0, 0.05) is 32.1 Å². The second-order valence-corrected chi connectivity index (χ2v) is 6.52. The zero-order chi connectivity index (χ0) is 18.6. The van der Waals surface area contributed by atoms with Crippen molar-refractivity contribution in [2.45, 2.75) is 33.7 Å². The first-order valence-electron chi connectivity index (χ1n) is 9.36. The third kappa shape index (κ3) is 6.88. The molecule has 1 aromatic carbocycles. The largest absolute Gasteiger partial charge is 0.380 e. The van der Waals surface area contributed by atoms with Crippen LogP contribution in [-0.4, -0.2) is 41.8 Å². The van der Waals surface area contributed by atoms with Crippen LogP contribution in [0.15, 0.2) is 48.0 Å². The van der Waals surface area contributed by atoms with E-state index >= 15 is 0 Å². The Labute approximate surface area is 156 Å². The molecule has 6 nitrogen and oxygen atoms in total. The molecule has 2 N–H and O–H groups in total. The van der Waals surface area contributed by atoms with E-state index in [2.05, 4.69) is 48.5 Å². The van der Waals surface area contributed by atoms with Crippen molar-refractivity contribution in [3.05, 3.63) is 48.5 Å². The van der Waals surface area contributed by atoms with Crippen LogP contribution in [0, 0.1) is 5.92 Å².